The van der Waals surface area contributed by atoms with Crippen molar-refractivity contribution in [3.63, 3.8) is 0 Å². The van der Waals surface area contributed by atoms with E-state index in [2.05, 4.69) is 9.97 Å². The van der Waals surface area contributed by atoms with Crippen molar-refractivity contribution < 1.29 is 14.5 Å². The maximum absolute atomic E-state index is 10.4. The van der Waals surface area contributed by atoms with E-state index in [0.717, 1.165) is 0 Å². The number of fused-ring (bicyclic) bond motifs is 1. The standard InChI is InChI=1S/C7H6N4O2.C6H12O2/c8-7-9-5-2-1-4(11(12)13)3-6(5)10-7;1-5(7)8-6(2,3)4/h1-3H,(H3,8,9,10);1-4H3. The van der Waals surface area contributed by atoms with E-state index in [1.807, 2.05) is 20.8 Å². The number of nitrogens with zero attached hydrogens (tertiary/aromatic N) is 2. The van der Waals surface area contributed by atoms with E-state index in [1.54, 1.807) is 6.07 Å². The predicted octanol–water partition coefficient (Wildman–Crippen LogP) is 2.40. The largest absolute Gasteiger partial charge is 0.460 e. The van der Waals surface area contributed by atoms with Gasteiger partial charge in [-0.3, -0.25) is 14.9 Å². The molecule has 0 aliphatic heterocycles. The topological polar surface area (TPSA) is 124 Å². The van der Waals surface area contributed by atoms with Crippen molar-refractivity contribution in [1.82, 2.24) is 9.97 Å². The molecule has 1 aromatic carbocycles. The summed E-state index contributed by atoms with van der Waals surface area (Å²) >= 11 is 0. The lowest BCUT2D eigenvalue weighted by Gasteiger charge is -2.17. The number of H-pyrrole nitrogens is 1. The van der Waals surface area contributed by atoms with Crippen LogP contribution in [0.15, 0.2) is 18.2 Å². The molecular weight excluding hydrogens is 276 g/mol. The van der Waals surface area contributed by atoms with Crippen molar-refractivity contribution in [3.05, 3.63) is 28.3 Å². The molecule has 0 radical (unpaired) electrons. The molecule has 0 atom stereocenters. The third kappa shape index (κ3) is 5.47. The summed E-state index contributed by atoms with van der Waals surface area (Å²) in [4.78, 5) is 26.8. The second kappa shape index (κ2) is 6.21. The number of imidazole rings is 1. The highest BCUT2D eigenvalue weighted by Crippen LogP contribution is 2.19. The summed E-state index contributed by atoms with van der Waals surface area (Å²) in [5.74, 6) is 0.0352. The lowest BCUT2D eigenvalue weighted by molar-refractivity contribution is -0.384. The van der Waals surface area contributed by atoms with Crippen LogP contribution in [0, 0.1) is 10.1 Å². The van der Waals surface area contributed by atoms with Gasteiger partial charge in [-0.05, 0) is 26.8 Å². The van der Waals surface area contributed by atoms with Crippen LogP contribution in [0.1, 0.15) is 27.7 Å². The monoisotopic (exact) mass is 294 g/mol. The number of nitrogens with two attached hydrogens (primary N) is 1. The van der Waals surface area contributed by atoms with Crippen LogP contribution in [-0.2, 0) is 9.53 Å². The van der Waals surface area contributed by atoms with E-state index < -0.39 is 4.92 Å². The maximum Gasteiger partial charge on any atom is 0.303 e. The molecule has 0 amide bonds. The number of aromatic amines is 1. The number of nitrogen functional groups attached to an aromatic ring is 1. The molecule has 21 heavy (non-hydrogen) atoms. The van der Waals surface area contributed by atoms with E-state index in [9.17, 15) is 14.9 Å². The number of aromatic nitrogens is 2. The number of non-ortho nitro benzene ring substituents is 1. The average Bonchev–Trinajstić information content (AvgIpc) is 2.64. The predicted molar refractivity (Wildman–Crippen MR) is 78.7 cm³/mol. The van der Waals surface area contributed by atoms with Crippen molar-refractivity contribution >= 4 is 28.6 Å². The molecule has 0 saturated heterocycles. The Kier molecular flexibility index (Phi) is 4.85. The molecule has 114 valence electrons. The number of ether oxygens (including phenoxy) is 1. The molecule has 2 rings (SSSR count). The molecule has 0 fully saturated rings. The van der Waals surface area contributed by atoms with Gasteiger partial charge in [-0.15, -0.1) is 0 Å². The number of carbonyl (C=O) groups is 1. The summed E-state index contributed by atoms with van der Waals surface area (Å²) in [6.45, 7) is 6.93. The summed E-state index contributed by atoms with van der Waals surface area (Å²) in [5, 5.41) is 10.4. The molecule has 0 bridgehead atoms. The Morgan fingerprint density at radius 1 is 1.43 bits per heavy atom. The fourth-order valence-electron chi connectivity index (χ4n) is 1.56. The molecule has 8 heteroatoms. The number of rotatable bonds is 1. The molecular formula is C13H18N4O4. The molecule has 2 aromatic rings. The van der Waals surface area contributed by atoms with Gasteiger partial charge >= 0.3 is 5.97 Å². The molecule has 0 saturated carbocycles. The molecule has 1 aromatic heterocycles. The highest BCUT2D eigenvalue weighted by molar-refractivity contribution is 5.79. The van der Waals surface area contributed by atoms with Crippen LogP contribution in [0.2, 0.25) is 0 Å². The van der Waals surface area contributed by atoms with Crippen molar-refractivity contribution in [2.24, 2.45) is 0 Å². The zero-order valence-corrected chi connectivity index (χ0v) is 12.3. The molecule has 0 aliphatic carbocycles. The summed E-state index contributed by atoms with van der Waals surface area (Å²) in [5.41, 5.74) is 6.28. The van der Waals surface area contributed by atoms with Crippen molar-refractivity contribution in [1.29, 1.82) is 0 Å². The Morgan fingerprint density at radius 3 is 2.48 bits per heavy atom. The van der Waals surface area contributed by atoms with Crippen LogP contribution >= 0.6 is 0 Å². The van der Waals surface area contributed by atoms with Gasteiger partial charge in [0, 0.05) is 19.1 Å². The zero-order chi connectivity index (χ0) is 16.2. The van der Waals surface area contributed by atoms with Crippen molar-refractivity contribution in [2.45, 2.75) is 33.3 Å². The van der Waals surface area contributed by atoms with Crippen LogP contribution in [0.4, 0.5) is 11.6 Å². The van der Waals surface area contributed by atoms with Crippen LogP contribution in [0.25, 0.3) is 11.0 Å². The second-order valence-corrected chi connectivity index (χ2v) is 5.29. The van der Waals surface area contributed by atoms with Gasteiger partial charge in [-0.2, -0.15) is 0 Å². The molecule has 3 N–H and O–H groups in total. The first-order valence-electron chi connectivity index (χ1n) is 6.18. The molecule has 0 unspecified atom stereocenters. The number of hydrogen-bond acceptors (Lipinski definition) is 6. The van der Waals surface area contributed by atoms with Gasteiger partial charge in [0.25, 0.3) is 5.69 Å². The molecule has 0 aliphatic rings. The van der Waals surface area contributed by atoms with Crippen LogP contribution in [-0.4, -0.2) is 26.5 Å². The van der Waals surface area contributed by atoms with Gasteiger partial charge in [-0.1, -0.05) is 0 Å². The molecule has 1 heterocycles. The number of benzene rings is 1. The van der Waals surface area contributed by atoms with E-state index >= 15 is 0 Å². The lowest BCUT2D eigenvalue weighted by atomic mass is 10.2. The summed E-state index contributed by atoms with van der Waals surface area (Å²) < 4.78 is 4.80. The third-order valence-electron chi connectivity index (χ3n) is 2.14. The fourth-order valence-corrected chi connectivity index (χ4v) is 1.56. The van der Waals surface area contributed by atoms with E-state index in [-0.39, 0.29) is 23.2 Å². The summed E-state index contributed by atoms with van der Waals surface area (Å²) in [7, 11) is 0. The Bertz CT molecular complexity index is 658. The SMILES string of the molecule is CC(=O)OC(C)(C)C.Nc1nc2ccc([N+](=O)[O-])cc2[nH]1. The number of esters is 1. The van der Waals surface area contributed by atoms with Crippen molar-refractivity contribution in [2.75, 3.05) is 5.73 Å². The van der Waals surface area contributed by atoms with Crippen LogP contribution in [0.3, 0.4) is 0 Å². The average molecular weight is 294 g/mol. The van der Waals surface area contributed by atoms with Crippen LogP contribution < -0.4 is 5.73 Å². The second-order valence-electron chi connectivity index (χ2n) is 5.29. The number of carbonyl (C=O) groups excluding carboxylic acids is 1. The smallest absolute Gasteiger partial charge is 0.303 e. The van der Waals surface area contributed by atoms with Gasteiger partial charge in [0.2, 0.25) is 0 Å². The fraction of sp³-hybridized carbons (Fsp3) is 0.385. The first-order valence-corrected chi connectivity index (χ1v) is 6.18. The summed E-state index contributed by atoms with van der Waals surface area (Å²) in [6.07, 6.45) is 0. The molecule has 0 spiro atoms. The normalized spacial score (nSPS) is 10.7. The first kappa shape index (κ1) is 16.4. The Morgan fingerprint density at radius 2 is 2.05 bits per heavy atom. The Labute approximate surface area is 121 Å². The minimum atomic E-state index is -0.462. The lowest BCUT2D eigenvalue weighted by Crippen LogP contribution is -2.21. The van der Waals surface area contributed by atoms with Gasteiger partial charge in [0.15, 0.2) is 5.95 Å². The maximum atomic E-state index is 10.4. The Hall–Kier alpha value is -2.64. The number of nitro benzene ring substituents is 1. The van der Waals surface area contributed by atoms with Gasteiger partial charge in [-0.25, -0.2) is 4.98 Å². The Balaban J connectivity index is 0.000000240. The van der Waals surface area contributed by atoms with E-state index in [0.29, 0.717) is 11.0 Å². The van der Waals surface area contributed by atoms with Crippen molar-refractivity contribution in [3.8, 4) is 0 Å². The first-order chi connectivity index (χ1) is 9.58. The number of hydrogen-bond donors (Lipinski definition) is 2. The minimum absolute atomic E-state index is 0.0242. The van der Waals surface area contributed by atoms with E-state index in [4.69, 9.17) is 10.5 Å². The van der Waals surface area contributed by atoms with Crippen LogP contribution in [0.5, 0.6) is 0 Å². The van der Waals surface area contributed by atoms with E-state index in [1.165, 1.54) is 19.1 Å². The molecule has 8 nitrogen and oxygen atoms in total. The number of nitrogens with one attached hydrogen (secondary N) is 1. The highest BCUT2D eigenvalue weighted by Gasteiger charge is 2.11. The zero-order valence-electron chi connectivity index (χ0n) is 12.3. The number of nitro groups is 1. The minimum Gasteiger partial charge on any atom is -0.460 e. The van der Waals surface area contributed by atoms with Gasteiger partial charge in [0.05, 0.1) is 16.0 Å². The third-order valence-corrected chi connectivity index (χ3v) is 2.14. The van der Waals surface area contributed by atoms with Gasteiger partial charge < -0.3 is 15.5 Å². The quantitative estimate of drug-likeness (QED) is 0.472. The van der Waals surface area contributed by atoms with Gasteiger partial charge in [0.1, 0.15) is 5.60 Å². The highest BCUT2D eigenvalue weighted by atomic mass is 16.6. The number of anilines is 1. The summed E-state index contributed by atoms with van der Waals surface area (Å²) in [6, 6.07) is 4.35.